The molecule has 6 heteroatoms. The first-order valence-electron chi connectivity index (χ1n) is 8.98. The van der Waals surface area contributed by atoms with E-state index in [1.54, 1.807) is 6.20 Å². The quantitative estimate of drug-likeness (QED) is 0.842. The highest BCUT2D eigenvalue weighted by atomic mass is 16.3. The molecule has 4 saturated carbocycles. The zero-order valence-electron chi connectivity index (χ0n) is 13.4. The Morgan fingerprint density at radius 2 is 2.04 bits per heavy atom. The summed E-state index contributed by atoms with van der Waals surface area (Å²) in [7, 11) is 0. The Balaban J connectivity index is 1.58. The Hall–Kier alpha value is -1.95. The fraction of sp³-hybridized carbons (Fsp3) is 0.611. The van der Waals surface area contributed by atoms with Crippen molar-refractivity contribution in [2.24, 2.45) is 22.7 Å². The van der Waals surface area contributed by atoms with Crippen molar-refractivity contribution in [3.63, 3.8) is 0 Å². The monoisotopic (exact) mass is 324 g/mol. The number of H-pyrrole nitrogens is 1. The second-order valence-electron chi connectivity index (χ2n) is 8.32. The van der Waals surface area contributed by atoms with Crippen molar-refractivity contribution in [2.45, 2.75) is 50.2 Å². The van der Waals surface area contributed by atoms with Gasteiger partial charge in [0.05, 0.1) is 28.5 Å². The minimum Gasteiger partial charge on any atom is -0.390 e. The van der Waals surface area contributed by atoms with E-state index in [-0.39, 0.29) is 11.7 Å². The zero-order chi connectivity index (χ0) is 16.1. The van der Waals surface area contributed by atoms with Crippen LogP contribution in [0.5, 0.6) is 0 Å². The maximum Gasteiger partial charge on any atom is 0.326 e. The van der Waals surface area contributed by atoms with Gasteiger partial charge in [0.25, 0.3) is 0 Å². The van der Waals surface area contributed by atoms with Gasteiger partial charge in [0, 0.05) is 18.7 Å². The van der Waals surface area contributed by atoms with Gasteiger partial charge in [0.1, 0.15) is 5.69 Å². The van der Waals surface area contributed by atoms with Gasteiger partial charge < -0.3 is 10.1 Å². The first-order valence-corrected chi connectivity index (χ1v) is 8.98. The molecule has 4 fully saturated rings. The molecule has 2 aromatic rings. The van der Waals surface area contributed by atoms with Crippen molar-refractivity contribution in [1.82, 2.24) is 14.5 Å². The number of aliphatic imine (C=N–C) groups is 1. The average molecular weight is 324 g/mol. The molecule has 0 amide bonds. The van der Waals surface area contributed by atoms with E-state index < -0.39 is 5.60 Å². The van der Waals surface area contributed by atoms with E-state index in [1.165, 1.54) is 0 Å². The lowest BCUT2D eigenvalue weighted by Gasteiger charge is -2.58. The smallest absolute Gasteiger partial charge is 0.326 e. The highest BCUT2D eigenvalue weighted by Crippen LogP contribution is 2.60. The highest BCUT2D eigenvalue weighted by Gasteiger charge is 2.55. The number of hydrogen-bond acceptors (Lipinski definition) is 4. The minimum atomic E-state index is -0.482. The molecule has 5 aliphatic rings. The van der Waals surface area contributed by atoms with Gasteiger partial charge in [-0.15, -0.1) is 0 Å². The van der Waals surface area contributed by atoms with E-state index in [2.05, 4.69) is 15.0 Å². The summed E-state index contributed by atoms with van der Waals surface area (Å²) >= 11 is 0. The van der Waals surface area contributed by atoms with Crippen LogP contribution in [0.25, 0.3) is 11.0 Å². The molecular weight excluding hydrogens is 304 g/mol. The standard InChI is InChI=1S/C18H20N4O2/c23-17-21-13-8-20-12-1-2-19-14(12)16(13)22(17)15-10-3-9-4-11(15)7-18(24,5-9)6-10/h2,8-11,15,24H,1,3-7H2,(H,21,23). The molecular formula is C18H20N4O2. The van der Waals surface area contributed by atoms with Crippen LogP contribution in [0.3, 0.4) is 0 Å². The Bertz CT molecular complexity index is 940. The first-order chi connectivity index (χ1) is 11.6. The summed E-state index contributed by atoms with van der Waals surface area (Å²) in [5, 5.41) is 10.8. The largest absolute Gasteiger partial charge is 0.390 e. The van der Waals surface area contributed by atoms with Crippen molar-refractivity contribution < 1.29 is 5.11 Å². The topological polar surface area (TPSA) is 83.3 Å². The van der Waals surface area contributed by atoms with Crippen LogP contribution in [0.2, 0.25) is 0 Å². The van der Waals surface area contributed by atoms with Gasteiger partial charge >= 0.3 is 5.69 Å². The third-order valence-electron chi connectivity index (χ3n) is 6.80. The molecule has 2 N–H and O–H groups in total. The number of hydrogen-bond donors (Lipinski definition) is 2. The van der Waals surface area contributed by atoms with Crippen LogP contribution in [-0.4, -0.2) is 31.5 Å². The Kier molecular flexibility index (Phi) is 2.32. The molecule has 6 nitrogen and oxygen atoms in total. The number of nitrogens with one attached hydrogen (secondary N) is 1. The summed E-state index contributed by atoms with van der Waals surface area (Å²) in [5.41, 5.74) is 2.99. The van der Waals surface area contributed by atoms with E-state index in [4.69, 9.17) is 0 Å². The Morgan fingerprint density at radius 1 is 1.25 bits per heavy atom. The van der Waals surface area contributed by atoms with Crippen molar-refractivity contribution in [2.75, 3.05) is 0 Å². The van der Waals surface area contributed by atoms with E-state index in [0.717, 1.165) is 60.9 Å². The van der Waals surface area contributed by atoms with Crippen LogP contribution >= 0.6 is 0 Å². The van der Waals surface area contributed by atoms with Crippen LogP contribution in [-0.2, 0) is 6.42 Å². The van der Waals surface area contributed by atoms with Crippen LogP contribution < -0.4 is 5.69 Å². The summed E-state index contributed by atoms with van der Waals surface area (Å²) in [6, 6.07) is 0.186. The second kappa shape index (κ2) is 4.17. The predicted octanol–water partition coefficient (Wildman–Crippen LogP) is 2.10. The molecule has 124 valence electrons. The molecule has 0 aromatic carbocycles. The molecule has 1 aliphatic heterocycles. The molecule has 4 aliphatic carbocycles. The van der Waals surface area contributed by atoms with E-state index in [1.807, 2.05) is 10.8 Å². The number of aliphatic hydroxyl groups is 1. The lowest BCUT2D eigenvalue weighted by molar-refractivity contribution is -0.146. The fourth-order valence-corrected chi connectivity index (χ4v) is 6.31. The van der Waals surface area contributed by atoms with Crippen LogP contribution in [0.4, 0.5) is 5.69 Å². The van der Waals surface area contributed by atoms with Crippen molar-refractivity contribution in [1.29, 1.82) is 0 Å². The molecule has 4 bridgehead atoms. The van der Waals surface area contributed by atoms with Gasteiger partial charge in [-0.2, -0.15) is 0 Å². The van der Waals surface area contributed by atoms with E-state index >= 15 is 0 Å². The Morgan fingerprint density at radius 3 is 2.79 bits per heavy atom. The summed E-state index contributed by atoms with van der Waals surface area (Å²) in [6.07, 6.45) is 9.28. The first kappa shape index (κ1) is 13.4. The SMILES string of the molecule is O=c1[nH]c2cnc3c(c2n1C1C2CC4CC1CC(O)(C4)C2)N=CC3. The van der Waals surface area contributed by atoms with Gasteiger partial charge in [-0.3, -0.25) is 14.5 Å². The van der Waals surface area contributed by atoms with Gasteiger partial charge in [-0.1, -0.05) is 0 Å². The molecule has 0 spiro atoms. The molecule has 2 unspecified atom stereocenters. The maximum atomic E-state index is 12.8. The molecule has 0 radical (unpaired) electrons. The minimum absolute atomic E-state index is 0.0493. The third kappa shape index (κ3) is 1.57. The summed E-state index contributed by atoms with van der Waals surface area (Å²) in [6.45, 7) is 0. The predicted molar refractivity (Wildman–Crippen MR) is 89.8 cm³/mol. The maximum absolute atomic E-state index is 12.8. The lowest BCUT2D eigenvalue weighted by atomic mass is 9.52. The number of rotatable bonds is 1. The van der Waals surface area contributed by atoms with E-state index in [9.17, 15) is 9.90 Å². The van der Waals surface area contributed by atoms with Crippen molar-refractivity contribution in [3.8, 4) is 0 Å². The lowest BCUT2D eigenvalue weighted by Crippen LogP contribution is -2.55. The second-order valence-corrected chi connectivity index (χ2v) is 8.32. The summed E-state index contributed by atoms with van der Waals surface area (Å²) in [4.78, 5) is 24.7. The van der Waals surface area contributed by atoms with Gasteiger partial charge in [0.2, 0.25) is 0 Å². The normalized spacial score (nSPS) is 39.0. The number of nitrogens with zero attached hydrogens (tertiary/aromatic N) is 3. The number of aromatic nitrogens is 3. The molecule has 24 heavy (non-hydrogen) atoms. The molecule has 0 saturated heterocycles. The molecule has 7 rings (SSSR count). The zero-order valence-corrected chi connectivity index (χ0v) is 13.4. The third-order valence-corrected chi connectivity index (χ3v) is 6.80. The summed E-state index contributed by atoms with van der Waals surface area (Å²) in [5.74, 6) is 1.43. The van der Waals surface area contributed by atoms with Gasteiger partial charge in [-0.25, -0.2) is 4.79 Å². The number of aromatic amines is 1. The Labute approximate surface area is 138 Å². The van der Waals surface area contributed by atoms with Crippen molar-refractivity contribution >= 4 is 22.9 Å². The van der Waals surface area contributed by atoms with Gasteiger partial charge in [0.15, 0.2) is 0 Å². The fourth-order valence-electron chi connectivity index (χ4n) is 6.31. The molecule has 3 heterocycles. The molecule has 2 aromatic heterocycles. The van der Waals surface area contributed by atoms with Crippen LogP contribution in [0.15, 0.2) is 16.0 Å². The summed E-state index contributed by atoms with van der Waals surface area (Å²) < 4.78 is 1.97. The number of imidazole rings is 1. The molecule has 2 atom stereocenters. The highest BCUT2D eigenvalue weighted by molar-refractivity contribution is 5.93. The van der Waals surface area contributed by atoms with Crippen LogP contribution in [0.1, 0.15) is 43.8 Å². The number of pyridine rings is 1. The van der Waals surface area contributed by atoms with Gasteiger partial charge in [-0.05, 0) is 49.9 Å². The van der Waals surface area contributed by atoms with Crippen LogP contribution in [0, 0.1) is 17.8 Å². The van der Waals surface area contributed by atoms with Crippen molar-refractivity contribution in [3.05, 3.63) is 22.4 Å². The number of fused-ring (bicyclic) bond motifs is 3. The average Bonchev–Trinajstić information content (AvgIpc) is 3.09. The van der Waals surface area contributed by atoms with E-state index in [0.29, 0.717) is 17.8 Å².